The predicted molar refractivity (Wildman–Crippen MR) is 304 cm³/mol. The Balaban J connectivity index is 0.624. The van der Waals surface area contributed by atoms with Crippen molar-refractivity contribution >= 4 is 0 Å². The Bertz CT molecular complexity index is 1630. The number of fused-ring (bicyclic) bond motifs is 4. The van der Waals surface area contributed by atoms with Crippen LogP contribution in [0.1, 0.15) is 283 Å². The van der Waals surface area contributed by atoms with Gasteiger partial charge in [0.05, 0.1) is 0 Å². The highest BCUT2D eigenvalue weighted by molar-refractivity contribution is 5.09. The van der Waals surface area contributed by atoms with Crippen LogP contribution in [-0.2, 0) is 0 Å². The number of hydrogen-bond acceptors (Lipinski definition) is 6. The standard InChI is InChI=1S/C67H116N6/c1-5-15-55(16-6-1)71(56-17-7-2-8-18-56)59-37-29-49(30-38-59)52-33-41-64-62(44-52)63-45-53(34-42-65(63)73(64)58-21-11-4-12-22-58)50-31-39-61(40-32-50)72(57-19-9-3-10-20-57)60-35-27-48(28-36-60)47-23-25-51(26-24-47)67-66-54(46-69-70-67)14-13-43-68-66/h47-70H,1-46H2. The van der Waals surface area contributed by atoms with E-state index in [9.17, 15) is 0 Å². The van der Waals surface area contributed by atoms with E-state index in [0.29, 0.717) is 12.1 Å². The smallest absolute Gasteiger partial charge is 0.0397 e. The lowest BCUT2D eigenvalue weighted by Crippen LogP contribution is -2.67. The average molecular weight is 1010 g/mol. The Kier molecular flexibility index (Phi) is 17.6. The summed E-state index contributed by atoms with van der Waals surface area (Å²) >= 11 is 0. The molecule has 73 heavy (non-hydrogen) atoms. The molecule has 0 bridgehead atoms. The summed E-state index contributed by atoms with van der Waals surface area (Å²) in [7, 11) is 0. The van der Waals surface area contributed by atoms with E-state index in [1.165, 1.54) is 186 Å². The van der Waals surface area contributed by atoms with Gasteiger partial charge in [0, 0.05) is 73.0 Å². The van der Waals surface area contributed by atoms with Crippen LogP contribution in [0.5, 0.6) is 0 Å². The number of nitrogens with one attached hydrogen (secondary N) is 3. The van der Waals surface area contributed by atoms with Gasteiger partial charge in [0.25, 0.3) is 0 Å². The first-order valence-corrected chi connectivity index (χ1v) is 34.7. The molecule has 13 fully saturated rings. The van der Waals surface area contributed by atoms with Gasteiger partial charge in [-0.15, -0.1) is 0 Å². The normalized spacial score (nSPS) is 45.7. The van der Waals surface area contributed by atoms with Gasteiger partial charge in [-0.1, -0.05) is 77.0 Å². The molecule has 0 aromatic carbocycles. The molecule has 3 saturated heterocycles. The van der Waals surface area contributed by atoms with Crippen molar-refractivity contribution < 1.29 is 0 Å². The maximum atomic E-state index is 3.98. The molecule has 0 spiro atoms. The third-order valence-electron chi connectivity index (χ3n) is 26.6. The Labute approximate surface area is 450 Å². The fourth-order valence-electron chi connectivity index (χ4n) is 23.1. The predicted octanol–water partition coefficient (Wildman–Crippen LogP) is 15.1. The highest BCUT2D eigenvalue weighted by Crippen LogP contribution is 2.57. The fourth-order valence-corrected chi connectivity index (χ4v) is 23.1. The van der Waals surface area contributed by atoms with Gasteiger partial charge in [-0.05, 0) is 271 Å². The van der Waals surface area contributed by atoms with Gasteiger partial charge in [-0.2, -0.15) is 0 Å². The van der Waals surface area contributed by atoms with Crippen molar-refractivity contribution in [3.05, 3.63) is 0 Å². The molecule has 10 aliphatic carbocycles. The Hall–Kier alpha value is -0.240. The summed E-state index contributed by atoms with van der Waals surface area (Å²) < 4.78 is 0. The molecule has 13 aliphatic rings. The zero-order chi connectivity index (χ0) is 48.5. The van der Waals surface area contributed by atoms with E-state index in [1.54, 1.807) is 103 Å². The molecule has 3 heterocycles. The maximum Gasteiger partial charge on any atom is 0.0397 e. The van der Waals surface area contributed by atoms with Crippen LogP contribution in [0.2, 0.25) is 0 Å². The summed E-state index contributed by atoms with van der Waals surface area (Å²) in [5.41, 5.74) is 7.48. The second-order valence-corrected chi connectivity index (χ2v) is 29.9. The molecule has 0 radical (unpaired) electrons. The highest BCUT2D eigenvalue weighted by atomic mass is 15.4. The lowest BCUT2D eigenvalue weighted by Gasteiger charge is -2.51. The Morgan fingerprint density at radius 3 is 1.11 bits per heavy atom. The molecule has 0 aromatic heterocycles. The van der Waals surface area contributed by atoms with E-state index in [-0.39, 0.29) is 0 Å². The second-order valence-electron chi connectivity index (χ2n) is 29.9. The molecule has 6 heteroatoms. The summed E-state index contributed by atoms with van der Waals surface area (Å²) in [5, 5.41) is 3.98. The maximum absolute atomic E-state index is 3.98. The molecule has 9 atom stereocenters. The van der Waals surface area contributed by atoms with Crippen LogP contribution in [-0.4, -0.2) is 94.2 Å². The monoisotopic (exact) mass is 1000 g/mol. The highest BCUT2D eigenvalue weighted by Gasteiger charge is 2.56. The van der Waals surface area contributed by atoms with E-state index in [0.717, 1.165) is 120 Å². The SMILES string of the molecule is C1CCC(N(C2CCCCC2)C2CCC(C3CCC4C(C3)C3CC(C5CCC(N(C6CCCCC6)C6CCC(C7CCC(C8NNCC9CCCNC98)CC7)CC6)CC5)CCC3N4C3CCCCC3)CC2)CC1. The molecule has 414 valence electrons. The van der Waals surface area contributed by atoms with Crippen LogP contribution < -0.4 is 16.2 Å². The molecule has 6 nitrogen and oxygen atoms in total. The van der Waals surface area contributed by atoms with E-state index < -0.39 is 0 Å². The minimum Gasteiger partial charge on any atom is -0.312 e. The first-order chi connectivity index (χ1) is 36.2. The fraction of sp³-hybridized carbons (Fsp3) is 1.00. The van der Waals surface area contributed by atoms with Crippen LogP contribution >= 0.6 is 0 Å². The quantitative estimate of drug-likeness (QED) is 0.192. The van der Waals surface area contributed by atoms with Crippen molar-refractivity contribution in [1.29, 1.82) is 0 Å². The van der Waals surface area contributed by atoms with Crippen LogP contribution in [0.4, 0.5) is 0 Å². The minimum absolute atomic E-state index is 0.647. The van der Waals surface area contributed by atoms with Crippen molar-refractivity contribution in [3.63, 3.8) is 0 Å². The van der Waals surface area contributed by atoms with E-state index in [4.69, 9.17) is 0 Å². The first kappa shape index (κ1) is 52.2. The zero-order valence-electron chi connectivity index (χ0n) is 47.5. The average Bonchev–Trinajstić information content (AvgIpc) is 3.80. The van der Waals surface area contributed by atoms with Crippen LogP contribution in [0.25, 0.3) is 0 Å². The largest absolute Gasteiger partial charge is 0.312 e. The third kappa shape index (κ3) is 11.4. The lowest BCUT2D eigenvalue weighted by molar-refractivity contribution is -0.00706. The van der Waals surface area contributed by atoms with Crippen molar-refractivity contribution in [2.75, 3.05) is 13.1 Å². The topological polar surface area (TPSA) is 45.8 Å². The van der Waals surface area contributed by atoms with Crippen molar-refractivity contribution in [2.45, 2.75) is 349 Å². The lowest BCUT2D eigenvalue weighted by atomic mass is 9.62. The van der Waals surface area contributed by atoms with Crippen LogP contribution in [0.15, 0.2) is 0 Å². The zero-order valence-corrected chi connectivity index (χ0v) is 47.5. The van der Waals surface area contributed by atoms with Crippen LogP contribution in [0, 0.1) is 59.2 Å². The van der Waals surface area contributed by atoms with E-state index >= 15 is 0 Å². The Morgan fingerprint density at radius 1 is 0.288 bits per heavy atom. The van der Waals surface area contributed by atoms with Gasteiger partial charge in [-0.25, -0.2) is 0 Å². The van der Waals surface area contributed by atoms with Crippen molar-refractivity contribution in [3.8, 4) is 0 Å². The summed E-state index contributed by atoms with van der Waals surface area (Å²) in [6, 6.07) is 9.63. The van der Waals surface area contributed by atoms with Gasteiger partial charge < -0.3 is 5.32 Å². The second kappa shape index (κ2) is 24.6. The molecule has 3 N–H and O–H groups in total. The van der Waals surface area contributed by atoms with Gasteiger partial charge >= 0.3 is 0 Å². The molecule has 0 aromatic rings. The molecule has 10 saturated carbocycles. The molecule has 0 amide bonds. The van der Waals surface area contributed by atoms with E-state index in [1.807, 2.05) is 0 Å². The number of likely N-dealkylation sites (tertiary alicyclic amines) is 1. The van der Waals surface area contributed by atoms with Gasteiger partial charge in [0.1, 0.15) is 0 Å². The minimum atomic E-state index is 0.647. The molecule has 13 rings (SSSR count). The molecule has 9 unspecified atom stereocenters. The number of piperidine rings is 1. The van der Waals surface area contributed by atoms with Crippen molar-refractivity contribution in [1.82, 2.24) is 30.9 Å². The van der Waals surface area contributed by atoms with Crippen LogP contribution in [0.3, 0.4) is 0 Å². The molecular weight excluding hydrogens is 889 g/mol. The molecule has 3 aliphatic heterocycles. The summed E-state index contributed by atoms with van der Waals surface area (Å²) in [6.07, 6.45) is 67.1. The van der Waals surface area contributed by atoms with Crippen molar-refractivity contribution in [2.24, 2.45) is 59.2 Å². The number of nitrogens with zero attached hydrogens (tertiary/aromatic N) is 3. The number of hydrogen-bond donors (Lipinski definition) is 3. The summed E-state index contributed by atoms with van der Waals surface area (Å²) in [4.78, 5) is 9.94. The summed E-state index contributed by atoms with van der Waals surface area (Å²) in [5.74, 6) is 9.94. The van der Waals surface area contributed by atoms with Gasteiger partial charge in [-0.3, -0.25) is 25.6 Å². The first-order valence-electron chi connectivity index (χ1n) is 34.7. The van der Waals surface area contributed by atoms with E-state index in [2.05, 4.69) is 30.9 Å². The Morgan fingerprint density at radius 2 is 0.658 bits per heavy atom. The number of rotatable bonds is 11. The third-order valence-corrected chi connectivity index (χ3v) is 26.6. The molecular formula is C67H116N6. The number of hydrazine groups is 1. The van der Waals surface area contributed by atoms with Gasteiger partial charge in [0.2, 0.25) is 0 Å². The summed E-state index contributed by atoms with van der Waals surface area (Å²) in [6.45, 7) is 2.40. The van der Waals surface area contributed by atoms with Gasteiger partial charge in [0.15, 0.2) is 0 Å².